The smallest absolute Gasteiger partial charge is 0.307 e. The fourth-order valence-electron chi connectivity index (χ4n) is 3.37. The molecular formula is C15H26Cl2N8O4. The van der Waals surface area contributed by atoms with Crippen molar-refractivity contribution in [2.24, 2.45) is 0 Å². The maximum atomic E-state index is 5.99. The Hall–Kier alpha value is -2.02. The summed E-state index contributed by atoms with van der Waals surface area (Å²) in [5.74, 6) is 0.668. The second-order valence-electron chi connectivity index (χ2n) is 6.53. The molecule has 0 saturated carbocycles. The van der Waals surface area contributed by atoms with Gasteiger partial charge in [0.2, 0.25) is 10.5 Å². The minimum atomic E-state index is 0. The number of nitrogens with zero attached hydrogens (tertiary/aromatic N) is 6. The van der Waals surface area contributed by atoms with E-state index in [-0.39, 0.29) is 24.8 Å². The Morgan fingerprint density at radius 3 is 1.48 bits per heavy atom. The summed E-state index contributed by atoms with van der Waals surface area (Å²) in [4.78, 5) is 3.51. The lowest BCUT2D eigenvalue weighted by Crippen LogP contribution is -3.00. The number of anilines is 2. The maximum absolute atomic E-state index is 5.99. The number of rotatable bonds is 6. The van der Waals surface area contributed by atoms with E-state index in [0.29, 0.717) is 51.0 Å². The van der Waals surface area contributed by atoms with Crippen molar-refractivity contribution in [3.63, 3.8) is 0 Å². The van der Waals surface area contributed by atoms with Crippen LogP contribution in [0.5, 0.6) is 0 Å². The van der Waals surface area contributed by atoms with Gasteiger partial charge >= 0.3 is 11.4 Å². The Kier molecular flexibility index (Phi) is 8.56. The standard InChI is InChI=1S/C15H26N8O4.2ClH/c16-14-12(22(18-26-14)20-4-8-24-9-5-20)2-1-3-13-15(17)27-19-23(13)21-6-10-25-11-7-21;;/h1-11,16-17H2;2*1H/q+2;;/p-2. The molecule has 0 aromatic carbocycles. The maximum Gasteiger partial charge on any atom is 0.307 e. The van der Waals surface area contributed by atoms with Gasteiger partial charge in [-0.05, 0) is 6.42 Å². The van der Waals surface area contributed by atoms with E-state index in [1.54, 1.807) is 9.58 Å². The third-order valence-electron chi connectivity index (χ3n) is 4.82. The van der Waals surface area contributed by atoms with Crippen LogP contribution in [0.4, 0.5) is 11.8 Å². The van der Waals surface area contributed by atoms with Crippen molar-refractivity contribution < 1.29 is 52.9 Å². The van der Waals surface area contributed by atoms with Gasteiger partial charge in [0, 0.05) is 12.8 Å². The van der Waals surface area contributed by atoms with Crippen LogP contribution in [0.2, 0.25) is 0 Å². The normalized spacial score (nSPS) is 17.0. The van der Waals surface area contributed by atoms with Crippen molar-refractivity contribution >= 4 is 11.8 Å². The summed E-state index contributed by atoms with van der Waals surface area (Å²) in [6.45, 7) is 5.65. The second kappa shape index (κ2) is 10.7. The van der Waals surface area contributed by atoms with E-state index < -0.39 is 0 Å². The Balaban J connectivity index is 0.00000150. The lowest BCUT2D eigenvalue weighted by Gasteiger charge is -2.20. The van der Waals surface area contributed by atoms with Crippen LogP contribution >= 0.6 is 0 Å². The van der Waals surface area contributed by atoms with E-state index in [0.717, 1.165) is 44.0 Å². The van der Waals surface area contributed by atoms with Crippen LogP contribution in [0.3, 0.4) is 0 Å². The molecule has 12 nitrogen and oxygen atoms in total. The minimum Gasteiger partial charge on any atom is -1.00 e. The van der Waals surface area contributed by atoms with Gasteiger partial charge in [-0.3, -0.25) is 9.05 Å². The van der Waals surface area contributed by atoms with Crippen molar-refractivity contribution in [2.45, 2.75) is 19.3 Å². The monoisotopic (exact) mass is 452 g/mol. The Bertz CT molecular complexity index is 699. The Morgan fingerprint density at radius 2 is 1.10 bits per heavy atom. The van der Waals surface area contributed by atoms with E-state index in [4.69, 9.17) is 30.0 Å². The van der Waals surface area contributed by atoms with Gasteiger partial charge in [0.25, 0.3) is 11.8 Å². The first-order chi connectivity index (χ1) is 13.2. The zero-order valence-electron chi connectivity index (χ0n) is 16.0. The van der Waals surface area contributed by atoms with E-state index in [2.05, 4.69) is 20.6 Å². The van der Waals surface area contributed by atoms with Gasteiger partial charge in [-0.1, -0.05) is 0 Å². The molecule has 0 atom stereocenters. The van der Waals surface area contributed by atoms with Gasteiger partial charge in [0.1, 0.15) is 0 Å². The molecule has 0 radical (unpaired) electrons. The molecule has 2 saturated heterocycles. The van der Waals surface area contributed by atoms with Gasteiger partial charge < -0.3 is 45.8 Å². The molecule has 2 aliphatic heterocycles. The number of halogens is 2. The Labute approximate surface area is 180 Å². The molecule has 0 amide bonds. The second-order valence-corrected chi connectivity index (χ2v) is 6.53. The molecule has 2 aliphatic rings. The summed E-state index contributed by atoms with van der Waals surface area (Å²) in [7, 11) is 0. The van der Waals surface area contributed by atoms with Crippen LogP contribution in [0, 0.1) is 0 Å². The molecule has 0 unspecified atom stereocenters. The molecule has 4 heterocycles. The highest BCUT2D eigenvalue weighted by Gasteiger charge is 2.33. The fourth-order valence-corrected chi connectivity index (χ4v) is 3.37. The summed E-state index contributed by atoms with van der Waals surface area (Å²) < 4.78 is 21.2. The molecule has 14 heteroatoms. The zero-order valence-corrected chi connectivity index (χ0v) is 17.5. The summed E-state index contributed by atoms with van der Waals surface area (Å²) in [6.07, 6.45) is 2.19. The summed E-state index contributed by atoms with van der Waals surface area (Å²) in [5.41, 5.74) is 13.7. The lowest BCUT2D eigenvalue weighted by atomic mass is 10.1. The number of ether oxygens (including phenoxy) is 2. The molecule has 2 aromatic heterocycles. The Morgan fingerprint density at radius 1 is 0.724 bits per heavy atom. The molecule has 4 N–H and O–H groups in total. The van der Waals surface area contributed by atoms with E-state index >= 15 is 0 Å². The number of nitrogen functional groups attached to an aromatic ring is 2. The van der Waals surface area contributed by atoms with Crippen LogP contribution in [-0.4, -0.2) is 63.1 Å². The van der Waals surface area contributed by atoms with Crippen LogP contribution in [0.15, 0.2) is 9.05 Å². The first kappa shape index (κ1) is 23.3. The first-order valence-electron chi connectivity index (χ1n) is 9.22. The summed E-state index contributed by atoms with van der Waals surface area (Å²) in [5, 5.41) is 12.3. The highest BCUT2D eigenvalue weighted by molar-refractivity contribution is 5.27. The van der Waals surface area contributed by atoms with Crippen molar-refractivity contribution in [3.05, 3.63) is 11.4 Å². The van der Waals surface area contributed by atoms with Gasteiger partial charge in [-0.25, -0.2) is 0 Å². The van der Waals surface area contributed by atoms with Gasteiger partial charge in [-0.15, -0.1) is 10.0 Å². The van der Waals surface area contributed by atoms with Crippen LogP contribution in [0.1, 0.15) is 17.8 Å². The van der Waals surface area contributed by atoms with E-state index in [9.17, 15) is 0 Å². The van der Waals surface area contributed by atoms with Crippen molar-refractivity contribution in [3.8, 4) is 0 Å². The molecule has 4 rings (SSSR count). The van der Waals surface area contributed by atoms with Gasteiger partial charge in [0.05, 0.1) is 62.2 Å². The van der Waals surface area contributed by atoms with E-state index in [1.165, 1.54) is 0 Å². The molecule has 2 fully saturated rings. The lowest BCUT2D eigenvalue weighted by molar-refractivity contribution is -0.766. The molecule has 0 bridgehead atoms. The average molecular weight is 453 g/mol. The predicted molar refractivity (Wildman–Crippen MR) is 91.8 cm³/mol. The highest BCUT2D eigenvalue weighted by Crippen LogP contribution is 2.13. The molecule has 29 heavy (non-hydrogen) atoms. The van der Waals surface area contributed by atoms with Crippen LogP contribution in [0.25, 0.3) is 0 Å². The molecule has 164 valence electrons. The van der Waals surface area contributed by atoms with Crippen molar-refractivity contribution in [1.29, 1.82) is 0 Å². The third kappa shape index (κ3) is 5.13. The molecule has 2 aromatic rings. The molecular weight excluding hydrogens is 427 g/mol. The molecule has 0 spiro atoms. The first-order valence-corrected chi connectivity index (χ1v) is 9.22. The van der Waals surface area contributed by atoms with Gasteiger partial charge in [-0.2, -0.15) is 0 Å². The molecule has 0 aliphatic carbocycles. The van der Waals surface area contributed by atoms with Crippen molar-refractivity contribution in [2.75, 3.05) is 74.1 Å². The summed E-state index contributed by atoms with van der Waals surface area (Å²) >= 11 is 0. The van der Waals surface area contributed by atoms with Gasteiger partial charge in [0.15, 0.2) is 0 Å². The van der Waals surface area contributed by atoms with Crippen molar-refractivity contribution in [1.82, 2.24) is 10.5 Å². The highest BCUT2D eigenvalue weighted by atomic mass is 35.5. The predicted octanol–water partition coefficient (Wildman–Crippen LogP) is -8.48. The average Bonchev–Trinajstić information content (AvgIpc) is 3.26. The van der Waals surface area contributed by atoms with Crippen LogP contribution < -0.4 is 55.9 Å². The number of nitrogens with two attached hydrogens (primary N) is 2. The number of hydrogen-bond acceptors (Lipinski definition) is 10. The van der Waals surface area contributed by atoms with E-state index in [1.807, 2.05) is 0 Å². The summed E-state index contributed by atoms with van der Waals surface area (Å²) in [6, 6.07) is 0. The fraction of sp³-hybridized carbons (Fsp3) is 0.733. The van der Waals surface area contributed by atoms with Crippen LogP contribution in [-0.2, 0) is 22.3 Å². The minimum absolute atomic E-state index is 0. The SMILES string of the molecule is Nc1on[n+](N2CCOCC2)c1CCCc1c(N)on[n+]1N1CCOCC1.[Cl-].[Cl-]. The largest absolute Gasteiger partial charge is 1.00 e. The topological polar surface area (TPSA) is 137 Å². The third-order valence-corrected chi connectivity index (χ3v) is 4.82. The zero-order chi connectivity index (χ0) is 18.6. The quantitative estimate of drug-likeness (QED) is 0.406. The number of morpholine rings is 2. The number of aromatic nitrogens is 4. The number of hydrogen-bond donors (Lipinski definition) is 2.